The smallest absolute Gasteiger partial charge is 0.324 e. The molecule has 0 saturated heterocycles. The molecule has 0 amide bonds. The predicted molar refractivity (Wildman–Crippen MR) is 74.3 cm³/mol. The summed E-state index contributed by atoms with van der Waals surface area (Å²) in [5.74, 6) is 0.712. The number of hydrogen-bond donors (Lipinski definition) is 1. The Hall–Kier alpha value is -1.85. The third-order valence-corrected chi connectivity index (χ3v) is 2.86. The van der Waals surface area contributed by atoms with Crippen LogP contribution in [0.5, 0.6) is 0 Å². The molecule has 0 aliphatic heterocycles. The van der Waals surface area contributed by atoms with E-state index >= 15 is 0 Å². The number of imidazole rings is 1. The average molecular weight is 264 g/mol. The van der Waals surface area contributed by atoms with Gasteiger partial charge in [-0.15, -0.1) is 0 Å². The first kappa shape index (κ1) is 13.6. The SMILES string of the molecule is CC(C)Cn1cnc2c1c(=O)[nH]c(=O)n2CC(C)C. The van der Waals surface area contributed by atoms with Crippen molar-refractivity contribution in [3.8, 4) is 0 Å². The van der Waals surface area contributed by atoms with Gasteiger partial charge in [0.25, 0.3) is 5.56 Å². The molecule has 0 fully saturated rings. The summed E-state index contributed by atoms with van der Waals surface area (Å²) < 4.78 is 3.35. The maximum atomic E-state index is 12.0. The van der Waals surface area contributed by atoms with E-state index in [0.29, 0.717) is 36.1 Å². The zero-order valence-corrected chi connectivity index (χ0v) is 11.8. The summed E-state index contributed by atoms with van der Waals surface area (Å²) in [6.45, 7) is 9.45. The van der Waals surface area contributed by atoms with Crippen molar-refractivity contribution in [3.05, 3.63) is 27.2 Å². The summed E-state index contributed by atoms with van der Waals surface area (Å²) in [4.78, 5) is 30.5. The number of nitrogens with one attached hydrogen (secondary N) is 1. The predicted octanol–water partition coefficient (Wildman–Crippen LogP) is 1.20. The molecule has 2 heterocycles. The van der Waals surface area contributed by atoms with Crippen LogP contribution in [-0.4, -0.2) is 19.1 Å². The largest absolute Gasteiger partial charge is 0.330 e. The molecular weight excluding hydrogens is 244 g/mol. The van der Waals surface area contributed by atoms with Crippen molar-refractivity contribution < 1.29 is 0 Å². The summed E-state index contributed by atoms with van der Waals surface area (Å²) in [6.07, 6.45) is 1.64. The Bertz CT molecular complexity index is 691. The van der Waals surface area contributed by atoms with E-state index < -0.39 is 0 Å². The first-order chi connectivity index (χ1) is 8.90. The van der Waals surface area contributed by atoms with Gasteiger partial charge >= 0.3 is 5.69 Å². The van der Waals surface area contributed by atoms with Gasteiger partial charge in [-0.3, -0.25) is 14.3 Å². The molecule has 2 aromatic heterocycles. The van der Waals surface area contributed by atoms with Gasteiger partial charge in [-0.2, -0.15) is 0 Å². The van der Waals surface area contributed by atoms with Crippen LogP contribution in [0.2, 0.25) is 0 Å². The fourth-order valence-electron chi connectivity index (χ4n) is 2.19. The van der Waals surface area contributed by atoms with Gasteiger partial charge < -0.3 is 4.57 Å². The number of aromatic nitrogens is 4. The molecule has 0 saturated carbocycles. The van der Waals surface area contributed by atoms with E-state index in [1.807, 2.05) is 18.4 Å². The van der Waals surface area contributed by atoms with Crippen molar-refractivity contribution in [3.63, 3.8) is 0 Å². The summed E-state index contributed by atoms with van der Waals surface area (Å²) in [7, 11) is 0. The van der Waals surface area contributed by atoms with Crippen LogP contribution in [0, 0.1) is 11.8 Å². The fraction of sp³-hybridized carbons (Fsp3) is 0.615. The van der Waals surface area contributed by atoms with Crippen LogP contribution in [0.4, 0.5) is 0 Å². The summed E-state index contributed by atoms with van der Waals surface area (Å²) in [5.41, 5.74) is 0.205. The highest BCUT2D eigenvalue weighted by Crippen LogP contribution is 2.10. The highest BCUT2D eigenvalue weighted by molar-refractivity contribution is 5.69. The first-order valence-electron chi connectivity index (χ1n) is 6.58. The molecule has 19 heavy (non-hydrogen) atoms. The van der Waals surface area contributed by atoms with E-state index in [2.05, 4.69) is 23.8 Å². The molecule has 0 bridgehead atoms. The molecule has 1 N–H and O–H groups in total. The Balaban J connectivity index is 2.68. The molecule has 2 rings (SSSR count). The summed E-state index contributed by atoms with van der Waals surface area (Å²) >= 11 is 0. The normalized spacial score (nSPS) is 11.9. The Labute approximate surface area is 111 Å². The molecule has 6 nitrogen and oxygen atoms in total. The van der Waals surface area contributed by atoms with Gasteiger partial charge in [0.15, 0.2) is 11.2 Å². The Morgan fingerprint density at radius 3 is 2.37 bits per heavy atom. The second kappa shape index (κ2) is 5.03. The lowest BCUT2D eigenvalue weighted by atomic mass is 10.2. The van der Waals surface area contributed by atoms with Crippen LogP contribution in [0.15, 0.2) is 15.9 Å². The monoisotopic (exact) mass is 264 g/mol. The Morgan fingerprint density at radius 2 is 1.79 bits per heavy atom. The summed E-state index contributed by atoms with van der Waals surface area (Å²) in [6, 6.07) is 0. The standard InChI is InChI=1S/C13H20N4O2/c1-8(2)5-16-7-14-11-10(16)12(18)15-13(19)17(11)6-9(3)4/h7-9H,5-6H2,1-4H3,(H,15,18,19). The van der Waals surface area contributed by atoms with Gasteiger partial charge in [0.2, 0.25) is 0 Å². The van der Waals surface area contributed by atoms with E-state index in [-0.39, 0.29) is 11.2 Å². The van der Waals surface area contributed by atoms with Crippen molar-refractivity contribution in [1.82, 2.24) is 19.1 Å². The van der Waals surface area contributed by atoms with Gasteiger partial charge in [-0.1, -0.05) is 27.7 Å². The first-order valence-corrected chi connectivity index (χ1v) is 6.58. The van der Waals surface area contributed by atoms with Crippen molar-refractivity contribution in [1.29, 1.82) is 0 Å². The fourth-order valence-corrected chi connectivity index (χ4v) is 2.19. The van der Waals surface area contributed by atoms with Crippen molar-refractivity contribution in [2.24, 2.45) is 11.8 Å². The third-order valence-electron chi connectivity index (χ3n) is 2.86. The average Bonchev–Trinajstić information content (AvgIpc) is 2.67. The number of aromatic amines is 1. The minimum atomic E-state index is -0.388. The van der Waals surface area contributed by atoms with E-state index in [0.717, 1.165) is 0 Å². The van der Waals surface area contributed by atoms with Crippen molar-refractivity contribution >= 4 is 11.2 Å². The third kappa shape index (κ3) is 2.62. The molecule has 6 heteroatoms. The molecule has 104 valence electrons. The van der Waals surface area contributed by atoms with E-state index in [4.69, 9.17) is 0 Å². The number of fused-ring (bicyclic) bond motifs is 1. The Morgan fingerprint density at radius 1 is 1.16 bits per heavy atom. The van der Waals surface area contributed by atoms with Gasteiger partial charge in [-0.05, 0) is 11.8 Å². The van der Waals surface area contributed by atoms with Gasteiger partial charge in [0, 0.05) is 13.1 Å². The molecule has 0 spiro atoms. The zero-order chi connectivity index (χ0) is 14.2. The minimum Gasteiger partial charge on any atom is -0.324 e. The van der Waals surface area contributed by atoms with Crippen LogP contribution < -0.4 is 11.2 Å². The van der Waals surface area contributed by atoms with Gasteiger partial charge in [0.05, 0.1) is 6.33 Å². The molecule has 0 atom stereocenters. The van der Waals surface area contributed by atoms with Crippen LogP contribution in [-0.2, 0) is 13.1 Å². The van der Waals surface area contributed by atoms with Gasteiger partial charge in [0.1, 0.15) is 0 Å². The lowest BCUT2D eigenvalue weighted by Crippen LogP contribution is -2.32. The second-order valence-corrected chi connectivity index (χ2v) is 5.73. The number of rotatable bonds is 4. The minimum absolute atomic E-state index is 0.307. The number of H-pyrrole nitrogens is 1. The molecule has 0 aliphatic carbocycles. The highest BCUT2D eigenvalue weighted by Gasteiger charge is 2.14. The Kier molecular flexibility index (Phi) is 3.59. The molecular formula is C13H20N4O2. The van der Waals surface area contributed by atoms with Gasteiger partial charge in [-0.25, -0.2) is 9.78 Å². The lowest BCUT2D eigenvalue weighted by molar-refractivity contribution is 0.511. The number of hydrogen-bond acceptors (Lipinski definition) is 3. The molecule has 0 aromatic carbocycles. The highest BCUT2D eigenvalue weighted by atomic mass is 16.2. The quantitative estimate of drug-likeness (QED) is 0.901. The molecule has 0 radical (unpaired) electrons. The lowest BCUT2D eigenvalue weighted by Gasteiger charge is -2.10. The van der Waals surface area contributed by atoms with E-state index in [1.54, 1.807) is 6.33 Å². The molecule has 0 unspecified atom stereocenters. The van der Waals surface area contributed by atoms with Crippen LogP contribution in [0.1, 0.15) is 27.7 Å². The molecule has 0 aliphatic rings. The van der Waals surface area contributed by atoms with Crippen LogP contribution in [0.25, 0.3) is 11.2 Å². The topological polar surface area (TPSA) is 72.7 Å². The molecule has 2 aromatic rings. The second-order valence-electron chi connectivity index (χ2n) is 5.73. The van der Waals surface area contributed by atoms with Crippen LogP contribution >= 0.6 is 0 Å². The van der Waals surface area contributed by atoms with E-state index in [1.165, 1.54) is 4.57 Å². The summed E-state index contributed by atoms with van der Waals surface area (Å²) in [5, 5.41) is 0. The van der Waals surface area contributed by atoms with Crippen molar-refractivity contribution in [2.45, 2.75) is 40.8 Å². The maximum absolute atomic E-state index is 12.0. The van der Waals surface area contributed by atoms with Crippen LogP contribution in [0.3, 0.4) is 0 Å². The van der Waals surface area contributed by atoms with E-state index in [9.17, 15) is 9.59 Å². The van der Waals surface area contributed by atoms with Crippen molar-refractivity contribution in [2.75, 3.05) is 0 Å². The maximum Gasteiger partial charge on any atom is 0.330 e. The zero-order valence-electron chi connectivity index (χ0n) is 11.8. The number of nitrogens with zero attached hydrogens (tertiary/aromatic N) is 3.